The predicted molar refractivity (Wildman–Crippen MR) is 66.7 cm³/mol. The lowest BCUT2D eigenvalue weighted by atomic mass is 10.2. The highest BCUT2D eigenvalue weighted by atomic mass is 32.1. The third-order valence-electron chi connectivity index (χ3n) is 3.08. The highest BCUT2D eigenvalue weighted by Crippen LogP contribution is 2.11. The van der Waals surface area contributed by atoms with Crippen LogP contribution in [-0.4, -0.2) is 48.4 Å². The fourth-order valence-corrected chi connectivity index (χ4v) is 2.68. The molecule has 2 rings (SSSR count). The molecule has 0 radical (unpaired) electrons. The quantitative estimate of drug-likeness (QED) is 0.796. The predicted octanol–water partition coefficient (Wildman–Crippen LogP) is 1.45. The van der Waals surface area contributed by atoms with Crippen LogP contribution in [0.25, 0.3) is 0 Å². The lowest BCUT2D eigenvalue weighted by Gasteiger charge is -2.34. The molecule has 0 spiro atoms. The van der Waals surface area contributed by atoms with Crippen molar-refractivity contribution < 1.29 is 4.79 Å². The van der Waals surface area contributed by atoms with Crippen LogP contribution >= 0.6 is 11.3 Å². The van der Waals surface area contributed by atoms with E-state index >= 15 is 0 Å². The zero-order valence-electron chi connectivity index (χ0n) is 9.69. The summed E-state index contributed by atoms with van der Waals surface area (Å²) in [6.45, 7) is 7.07. The maximum Gasteiger partial charge on any atom is 0.227 e. The van der Waals surface area contributed by atoms with Crippen molar-refractivity contribution in [2.24, 2.45) is 0 Å². The third-order valence-corrected chi connectivity index (χ3v) is 3.95. The molecule has 1 aliphatic rings. The van der Waals surface area contributed by atoms with Gasteiger partial charge in [0.15, 0.2) is 0 Å². The molecule has 1 fully saturated rings. The van der Waals surface area contributed by atoms with Crippen LogP contribution in [0, 0.1) is 0 Å². The Labute approximate surface area is 101 Å². The summed E-state index contributed by atoms with van der Waals surface area (Å²) < 4.78 is 0. The third kappa shape index (κ3) is 2.83. The Morgan fingerprint density at radius 2 is 2.12 bits per heavy atom. The van der Waals surface area contributed by atoms with Crippen LogP contribution in [0.15, 0.2) is 17.5 Å². The summed E-state index contributed by atoms with van der Waals surface area (Å²) in [5.74, 6) is 0.276. The average molecular weight is 238 g/mol. The Morgan fingerprint density at radius 3 is 2.69 bits per heavy atom. The number of hydrogen-bond donors (Lipinski definition) is 0. The van der Waals surface area contributed by atoms with E-state index in [1.807, 2.05) is 22.4 Å². The summed E-state index contributed by atoms with van der Waals surface area (Å²) in [5, 5.41) is 2.03. The molecule has 2 heterocycles. The van der Waals surface area contributed by atoms with E-state index in [-0.39, 0.29) is 5.91 Å². The van der Waals surface area contributed by atoms with Gasteiger partial charge in [-0.3, -0.25) is 4.79 Å². The molecule has 16 heavy (non-hydrogen) atoms. The summed E-state index contributed by atoms with van der Waals surface area (Å²) in [7, 11) is 0. The first-order valence-corrected chi connectivity index (χ1v) is 6.70. The van der Waals surface area contributed by atoms with Crippen molar-refractivity contribution in [3.05, 3.63) is 22.4 Å². The Balaban J connectivity index is 1.82. The van der Waals surface area contributed by atoms with E-state index in [1.54, 1.807) is 11.3 Å². The van der Waals surface area contributed by atoms with E-state index in [0.717, 1.165) is 32.7 Å². The smallest absolute Gasteiger partial charge is 0.227 e. The van der Waals surface area contributed by atoms with E-state index in [2.05, 4.69) is 11.8 Å². The molecule has 1 aromatic rings. The minimum absolute atomic E-state index is 0.276. The number of hydrogen-bond acceptors (Lipinski definition) is 3. The van der Waals surface area contributed by atoms with Crippen molar-refractivity contribution in [2.75, 3.05) is 32.7 Å². The molecule has 0 aliphatic carbocycles. The number of rotatable bonds is 3. The van der Waals surface area contributed by atoms with E-state index in [1.165, 1.54) is 4.88 Å². The highest BCUT2D eigenvalue weighted by molar-refractivity contribution is 7.10. The Kier molecular flexibility index (Phi) is 3.96. The molecule has 0 bridgehead atoms. The van der Waals surface area contributed by atoms with Crippen molar-refractivity contribution in [1.82, 2.24) is 9.80 Å². The van der Waals surface area contributed by atoms with Crippen LogP contribution in [0.1, 0.15) is 11.8 Å². The number of thiophene rings is 1. The summed E-state index contributed by atoms with van der Waals surface area (Å²) in [6, 6.07) is 4.03. The van der Waals surface area contributed by atoms with E-state index in [4.69, 9.17) is 0 Å². The van der Waals surface area contributed by atoms with Gasteiger partial charge in [-0.15, -0.1) is 11.3 Å². The number of likely N-dealkylation sites (N-methyl/N-ethyl adjacent to an activating group) is 1. The van der Waals surface area contributed by atoms with Gasteiger partial charge < -0.3 is 9.80 Å². The zero-order valence-corrected chi connectivity index (χ0v) is 10.5. The van der Waals surface area contributed by atoms with Gasteiger partial charge in [0, 0.05) is 31.1 Å². The number of carbonyl (C=O) groups excluding carboxylic acids is 1. The van der Waals surface area contributed by atoms with Gasteiger partial charge >= 0.3 is 0 Å². The van der Waals surface area contributed by atoms with Gasteiger partial charge in [-0.2, -0.15) is 0 Å². The molecule has 1 aromatic heterocycles. The molecule has 0 saturated carbocycles. The van der Waals surface area contributed by atoms with E-state index in [9.17, 15) is 4.79 Å². The topological polar surface area (TPSA) is 23.6 Å². The largest absolute Gasteiger partial charge is 0.340 e. The summed E-state index contributed by atoms with van der Waals surface area (Å²) in [5.41, 5.74) is 0. The molecule has 88 valence electrons. The Bertz CT molecular complexity index is 329. The fourth-order valence-electron chi connectivity index (χ4n) is 1.99. The van der Waals surface area contributed by atoms with E-state index in [0.29, 0.717) is 6.42 Å². The Morgan fingerprint density at radius 1 is 1.38 bits per heavy atom. The van der Waals surface area contributed by atoms with Crippen molar-refractivity contribution in [3.8, 4) is 0 Å². The van der Waals surface area contributed by atoms with Crippen molar-refractivity contribution in [2.45, 2.75) is 13.3 Å². The minimum atomic E-state index is 0.276. The zero-order chi connectivity index (χ0) is 11.4. The number of amides is 1. The van der Waals surface area contributed by atoms with Gasteiger partial charge in [0.05, 0.1) is 6.42 Å². The van der Waals surface area contributed by atoms with Gasteiger partial charge in [-0.1, -0.05) is 13.0 Å². The molecule has 1 aliphatic heterocycles. The molecule has 4 heteroatoms. The van der Waals surface area contributed by atoms with Gasteiger partial charge in [-0.25, -0.2) is 0 Å². The fraction of sp³-hybridized carbons (Fsp3) is 0.583. The van der Waals surface area contributed by atoms with Crippen molar-refractivity contribution >= 4 is 17.2 Å². The first kappa shape index (κ1) is 11.6. The standard InChI is InChI=1S/C12H18N2OS/c1-2-13-5-7-14(8-6-13)12(15)10-11-4-3-9-16-11/h3-4,9H,2,5-8,10H2,1H3. The van der Waals surface area contributed by atoms with Gasteiger partial charge in [-0.05, 0) is 18.0 Å². The maximum atomic E-state index is 12.0. The minimum Gasteiger partial charge on any atom is -0.340 e. The van der Waals surface area contributed by atoms with Gasteiger partial charge in [0.2, 0.25) is 5.91 Å². The lowest BCUT2D eigenvalue weighted by molar-refractivity contribution is -0.132. The normalized spacial score (nSPS) is 17.7. The first-order valence-electron chi connectivity index (χ1n) is 5.82. The molecule has 0 unspecified atom stereocenters. The molecular weight excluding hydrogens is 220 g/mol. The second-order valence-electron chi connectivity index (χ2n) is 4.07. The van der Waals surface area contributed by atoms with Crippen LogP contribution in [0.5, 0.6) is 0 Å². The van der Waals surface area contributed by atoms with E-state index < -0.39 is 0 Å². The summed E-state index contributed by atoms with van der Waals surface area (Å²) in [4.78, 5) is 17.5. The molecule has 1 amide bonds. The second-order valence-corrected chi connectivity index (χ2v) is 5.10. The molecule has 0 aromatic carbocycles. The monoisotopic (exact) mass is 238 g/mol. The Hall–Kier alpha value is -0.870. The molecule has 0 N–H and O–H groups in total. The van der Waals surface area contributed by atoms with Gasteiger partial charge in [0.1, 0.15) is 0 Å². The second kappa shape index (κ2) is 5.46. The summed E-state index contributed by atoms with van der Waals surface area (Å²) in [6.07, 6.45) is 0.573. The molecule has 3 nitrogen and oxygen atoms in total. The van der Waals surface area contributed by atoms with Crippen LogP contribution < -0.4 is 0 Å². The van der Waals surface area contributed by atoms with Crippen LogP contribution in [0.4, 0.5) is 0 Å². The number of nitrogens with zero attached hydrogens (tertiary/aromatic N) is 2. The molecule has 1 saturated heterocycles. The highest BCUT2D eigenvalue weighted by Gasteiger charge is 2.20. The lowest BCUT2D eigenvalue weighted by Crippen LogP contribution is -2.48. The van der Waals surface area contributed by atoms with Crippen molar-refractivity contribution in [3.63, 3.8) is 0 Å². The van der Waals surface area contributed by atoms with Crippen LogP contribution in [-0.2, 0) is 11.2 Å². The number of piperazine rings is 1. The summed E-state index contributed by atoms with van der Waals surface area (Å²) >= 11 is 1.66. The van der Waals surface area contributed by atoms with Crippen LogP contribution in [0.3, 0.4) is 0 Å². The SMILES string of the molecule is CCN1CCN(C(=O)Cc2cccs2)CC1. The molecular formula is C12H18N2OS. The first-order chi connectivity index (χ1) is 7.79. The number of carbonyl (C=O) groups is 1. The molecule has 0 atom stereocenters. The van der Waals surface area contributed by atoms with Crippen LogP contribution in [0.2, 0.25) is 0 Å². The maximum absolute atomic E-state index is 12.0. The van der Waals surface area contributed by atoms with Crippen molar-refractivity contribution in [1.29, 1.82) is 0 Å². The average Bonchev–Trinajstić information content (AvgIpc) is 2.82. The van der Waals surface area contributed by atoms with Gasteiger partial charge in [0.25, 0.3) is 0 Å².